The molecule has 3 heteroatoms. The average molecular weight is 284 g/mol. The van der Waals surface area contributed by atoms with Gasteiger partial charge in [0.15, 0.2) is 0 Å². The Labute approximate surface area is 125 Å². The van der Waals surface area contributed by atoms with E-state index >= 15 is 0 Å². The van der Waals surface area contributed by atoms with Gasteiger partial charge in [-0.05, 0) is 36.2 Å². The van der Waals surface area contributed by atoms with Crippen LogP contribution < -0.4 is 5.32 Å². The smallest absolute Gasteiger partial charge is 0.143 e. The summed E-state index contributed by atoms with van der Waals surface area (Å²) in [6, 6.07) is 1.49. The van der Waals surface area contributed by atoms with Gasteiger partial charge >= 0.3 is 0 Å². The number of rotatable bonds is 5. The van der Waals surface area contributed by atoms with E-state index in [1.165, 1.54) is 24.3 Å². The highest BCUT2D eigenvalue weighted by molar-refractivity contribution is 5.41. The summed E-state index contributed by atoms with van der Waals surface area (Å²) in [6.07, 6.45) is 11.7. The molecular weight excluding hydrogens is 263 g/mol. The van der Waals surface area contributed by atoms with E-state index in [1.54, 1.807) is 11.8 Å². The minimum absolute atomic E-state index is 0.293. The van der Waals surface area contributed by atoms with Crippen molar-refractivity contribution in [1.82, 2.24) is 4.98 Å². The molecule has 1 aromatic heterocycles. The van der Waals surface area contributed by atoms with Crippen LogP contribution in [-0.4, -0.2) is 11.5 Å². The van der Waals surface area contributed by atoms with Gasteiger partial charge in [-0.25, -0.2) is 4.39 Å². The van der Waals surface area contributed by atoms with E-state index in [2.05, 4.69) is 36.0 Å². The Morgan fingerprint density at radius 2 is 2.29 bits per heavy atom. The highest BCUT2D eigenvalue weighted by Crippen LogP contribution is 2.47. The van der Waals surface area contributed by atoms with Gasteiger partial charge in [-0.2, -0.15) is 0 Å². The molecule has 1 N–H and O–H groups in total. The average Bonchev–Trinajstić information content (AvgIpc) is 3.25. The van der Waals surface area contributed by atoms with Crippen LogP contribution in [0.3, 0.4) is 0 Å². The summed E-state index contributed by atoms with van der Waals surface area (Å²) in [5.74, 6) is 1.62. The predicted octanol–water partition coefficient (Wildman–Crippen LogP) is 4.35. The summed E-state index contributed by atoms with van der Waals surface area (Å²) in [6.45, 7) is 7.01. The number of hydrogen-bond donors (Lipinski definition) is 1. The highest BCUT2D eigenvalue weighted by atomic mass is 19.1. The summed E-state index contributed by atoms with van der Waals surface area (Å²) in [5, 5.41) is 3.29. The molecule has 0 aromatic carbocycles. The van der Waals surface area contributed by atoms with Crippen molar-refractivity contribution in [2.75, 3.05) is 11.9 Å². The van der Waals surface area contributed by atoms with E-state index < -0.39 is 0 Å². The SMILES string of the molecule is C=CC1=CC=C(C2CC2CNc2cncc(F)c2)CC1C. The summed E-state index contributed by atoms with van der Waals surface area (Å²) in [7, 11) is 0. The third kappa shape index (κ3) is 3.23. The molecule has 2 nitrogen and oxygen atoms in total. The van der Waals surface area contributed by atoms with Crippen LogP contribution in [0.25, 0.3) is 0 Å². The normalized spacial score (nSPS) is 27.6. The Kier molecular flexibility index (Phi) is 3.91. The summed E-state index contributed by atoms with van der Waals surface area (Å²) in [4.78, 5) is 3.85. The molecule has 3 unspecified atom stereocenters. The molecule has 110 valence electrons. The van der Waals surface area contributed by atoms with Crippen molar-refractivity contribution >= 4 is 5.69 Å². The molecule has 0 amide bonds. The van der Waals surface area contributed by atoms with Gasteiger partial charge < -0.3 is 5.32 Å². The summed E-state index contributed by atoms with van der Waals surface area (Å²) in [5.41, 5.74) is 3.65. The number of anilines is 1. The van der Waals surface area contributed by atoms with Gasteiger partial charge in [-0.3, -0.25) is 4.98 Å². The lowest BCUT2D eigenvalue weighted by molar-refractivity contribution is 0.621. The second-order valence-corrected chi connectivity index (χ2v) is 6.09. The molecule has 0 radical (unpaired) electrons. The molecule has 1 heterocycles. The lowest BCUT2D eigenvalue weighted by Crippen LogP contribution is -2.09. The maximum Gasteiger partial charge on any atom is 0.143 e. The number of pyridine rings is 1. The fraction of sp³-hybridized carbons (Fsp3) is 0.389. The fourth-order valence-electron chi connectivity index (χ4n) is 3.14. The van der Waals surface area contributed by atoms with Crippen molar-refractivity contribution in [3.8, 4) is 0 Å². The van der Waals surface area contributed by atoms with Gasteiger partial charge in [0, 0.05) is 12.6 Å². The zero-order chi connectivity index (χ0) is 14.8. The third-order valence-electron chi connectivity index (χ3n) is 4.51. The maximum atomic E-state index is 13.1. The van der Waals surface area contributed by atoms with Gasteiger partial charge in [0.2, 0.25) is 0 Å². The predicted molar refractivity (Wildman–Crippen MR) is 84.4 cm³/mol. The van der Waals surface area contributed by atoms with Crippen LogP contribution in [0.5, 0.6) is 0 Å². The Bertz CT molecular complexity index is 603. The van der Waals surface area contributed by atoms with E-state index in [1.807, 2.05) is 6.08 Å². The van der Waals surface area contributed by atoms with Gasteiger partial charge in [0.1, 0.15) is 5.82 Å². The molecule has 0 saturated heterocycles. The van der Waals surface area contributed by atoms with Crippen molar-refractivity contribution in [2.24, 2.45) is 17.8 Å². The van der Waals surface area contributed by atoms with Crippen LogP contribution in [0.1, 0.15) is 19.8 Å². The number of allylic oxidation sites excluding steroid dienone is 5. The number of aromatic nitrogens is 1. The first-order chi connectivity index (χ1) is 10.2. The monoisotopic (exact) mass is 284 g/mol. The van der Waals surface area contributed by atoms with E-state index in [9.17, 15) is 4.39 Å². The zero-order valence-corrected chi connectivity index (χ0v) is 12.3. The largest absolute Gasteiger partial charge is 0.383 e. The van der Waals surface area contributed by atoms with Crippen molar-refractivity contribution in [1.29, 1.82) is 0 Å². The molecule has 2 aliphatic carbocycles. The Balaban J connectivity index is 1.54. The first-order valence-electron chi connectivity index (χ1n) is 7.55. The Hall–Kier alpha value is -1.90. The molecular formula is C18H21FN2. The third-order valence-corrected chi connectivity index (χ3v) is 4.51. The first kappa shape index (κ1) is 14.1. The summed E-state index contributed by atoms with van der Waals surface area (Å²) < 4.78 is 13.1. The second kappa shape index (κ2) is 5.84. The van der Waals surface area contributed by atoms with Gasteiger partial charge in [-0.1, -0.05) is 37.3 Å². The molecule has 1 saturated carbocycles. The van der Waals surface area contributed by atoms with Crippen molar-refractivity contribution in [3.05, 3.63) is 60.2 Å². The summed E-state index contributed by atoms with van der Waals surface area (Å²) >= 11 is 0. The topological polar surface area (TPSA) is 24.9 Å². The van der Waals surface area contributed by atoms with Crippen LogP contribution in [0.15, 0.2) is 54.4 Å². The zero-order valence-electron chi connectivity index (χ0n) is 12.3. The maximum absolute atomic E-state index is 13.1. The lowest BCUT2D eigenvalue weighted by atomic mass is 9.86. The minimum atomic E-state index is -0.293. The molecule has 21 heavy (non-hydrogen) atoms. The molecule has 1 aromatic rings. The van der Waals surface area contributed by atoms with Crippen molar-refractivity contribution < 1.29 is 4.39 Å². The van der Waals surface area contributed by atoms with Crippen LogP contribution in [0, 0.1) is 23.6 Å². The molecule has 0 aliphatic heterocycles. The molecule has 2 aliphatic rings. The van der Waals surface area contributed by atoms with Crippen LogP contribution in [-0.2, 0) is 0 Å². The van der Waals surface area contributed by atoms with Crippen molar-refractivity contribution in [2.45, 2.75) is 19.8 Å². The van der Waals surface area contributed by atoms with E-state index in [0.29, 0.717) is 17.8 Å². The fourth-order valence-corrected chi connectivity index (χ4v) is 3.14. The molecule has 1 fully saturated rings. The quantitative estimate of drug-likeness (QED) is 0.869. The molecule has 3 atom stereocenters. The number of nitrogens with one attached hydrogen (secondary N) is 1. The molecule has 0 spiro atoms. The first-order valence-corrected chi connectivity index (χ1v) is 7.55. The second-order valence-electron chi connectivity index (χ2n) is 6.09. The lowest BCUT2D eigenvalue weighted by Gasteiger charge is -2.19. The molecule has 3 rings (SSSR count). The number of hydrogen-bond acceptors (Lipinski definition) is 2. The number of nitrogens with zero attached hydrogens (tertiary/aromatic N) is 1. The van der Waals surface area contributed by atoms with Gasteiger partial charge in [0.25, 0.3) is 0 Å². The van der Waals surface area contributed by atoms with Crippen LogP contribution in [0.4, 0.5) is 10.1 Å². The van der Waals surface area contributed by atoms with E-state index in [4.69, 9.17) is 0 Å². The van der Waals surface area contributed by atoms with E-state index in [0.717, 1.165) is 18.7 Å². The van der Waals surface area contributed by atoms with Gasteiger partial charge in [-0.15, -0.1) is 0 Å². The standard InChI is InChI=1S/C18H21FN2/c1-3-13-4-5-14(6-12(13)2)18-7-15(18)9-21-17-8-16(19)10-20-11-17/h3-5,8,10-12,15,18,21H,1,6-7,9H2,2H3. The van der Waals surface area contributed by atoms with Gasteiger partial charge in [0.05, 0.1) is 18.1 Å². The van der Waals surface area contributed by atoms with Crippen molar-refractivity contribution in [3.63, 3.8) is 0 Å². The minimum Gasteiger partial charge on any atom is -0.383 e. The molecule has 0 bridgehead atoms. The van der Waals surface area contributed by atoms with Crippen LogP contribution >= 0.6 is 0 Å². The number of halogens is 1. The highest BCUT2D eigenvalue weighted by Gasteiger charge is 2.40. The Morgan fingerprint density at radius 3 is 3.00 bits per heavy atom. The van der Waals surface area contributed by atoms with E-state index in [-0.39, 0.29) is 5.82 Å². The Morgan fingerprint density at radius 1 is 1.43 bits per heavy atom. The van der Waals surface area contributed by atoms with Crippen LogP contribution in [0.2, 0.25) is 0 Å².